The summed E-state index contributed by atoms with van der Waals surface area (Å²) in [6, 6.07) is 1.78. The van der Waals surface area contributed by atoms with Crippen LogP contribution in [0, 0.1) is 0 Å². The summed E-state index contributed by atoms with van der Waals surface area (Å²) in [5.41, 5.74) is 0.911. The number of alkyl halides is 1. The van der Waals surface area contributed by atoms with Gasteiger partial charge in [0.15, 0.2) is 0 Å². The number of aromatic nitrogens is 1. The minimum absolute atomic E-state index is 0.501. The normalized spacial score (nSPS) is 9.90. The Labute approximate surface area is 77.5 Å². The van der Waals surface area contributed by atoms with E-state index in [0.717, 1.165) is 5.56 Å². The van der Waals surface area contributed by atoms with Crippen molar-refractivity contribution < 1.29 is 0 Å². The maximum Gasteiger partial charge on any atom is 0.133 e. The predicted octanol–water partition coefficient (Wildman–Crippen LogP) is 3.28. The van der Waals surface area contributed by atoms with Crippen LogP contribution in [-0.2, 0) is 5.33 Å². The van der Waals surface area contributed by atoms with Crippen LogP contribution in [0.2, 0.25) is 10.2 Å². The molecule has 10 heavy (non-hydrogen) atoms. The van der Waals surface area contributed by atoms with Crippen molar-refractivity contribution in [3.05, 3.63) is 28.0 Å². The SMILES string of the molecule is Clc1cnc(Cl)c(CBr)c1. The van der Waals surface area contributed by atoms with Gasteiger partial charge in [0.25, 0.3) is 0 Å². The summed E-state index contributed by atoms with van der Waals surface area (Å²) >= 11 is 14.6. The van der Waals surface area contributed by atoms with E-state index in [1.165, 1.54) is 6.20 Å². The quantitative estimate of drug-likeness (QED) is 0.543. The van der Waals surface area contributed by atoms with Crippen LogP contribution in [0.5, 0.6) is 0 Å². The van der Waals surface area contributed by atoms with Gasteiger partial charge >= 0.3 is 0 Å². The highest BCUT2D eigenvalue weighted by atomic mass is 79.9. The lowest BCUT2D eigenvalue weighted by molar-refractivity contribution is 1.26. The van der Waals surface area contributed by atoms with E-state index < -0.39 is 0 Å². The van der Waals surface area contributed by atoms with Crippen LogP contribution in [-0.4, -0.2) is 4.98 Å². The van der Waals surface area contributed by atoms with Gasteiger partial charge in [-0.15, -0.1) is 0 Å². The van der Waals surface area contributed by atoms with E-state index in [4.69, 9.17) is 23.2 Å². The first-order valence-corrected chi connectivity index (χ1v) is 4.47. The molecule has 0 aliphatic rings. The van der Waals surface area contributed by atoms with Crippen LogP contribution in [0.4, 0.5) is 0 Å². The molecule has 1 aromatic heterocycles. The first kappa shape index (κ1) is 8.31. The summed E-state index contributed by atoms with van der Waals surface area (Å²) in [5, 5.41) is 1.79. The smallest absolute Gasteiger partial charge is 0.133 e. The second-order valence-electron chi connectivity index (χ2n) is 1.74. The molecule has 54 valence electrons. The maximum atomic E-state index is 5.70. The Balaban J connectivity index is 3.09. The third kappa shape index (κ3) is 1.84. The molecular weight excluding hydrogens is 237 g/mol. The number of rotatable bonds is 1. The second-order valence-corrected chi connectivity index (χ2v) is 3.09. The molecule has 0 unspecified atom stereocenters. The molecule has 0 bridgehead atoms. The van der Waals surface area contributed by atoms with E-state index in [9.17, 15) is 0 Å². The zero-order chi connectivity index (χ0) is 7.56. The Morgan fingerprint density at radius 1 is 1.50 bits per heavy atom. The molecule has 0 aromatic carbocycles. The van der Waals surface area contributed by atoms with Gasteiger partial charge in [0, 0.05) is 17.1 Å². The molecule has 0 aliphatic carbocycles. The van der Waals surface area contributed by atoms with Crippen LogP contribution in [0.25, 0.3) is 0 Å². The number of pyridine rings is 1. The highest BCUT2D eigenvalue weighted by molar-refractivity contribution is 9.08. The minimum atomic E-state index is 0.501. The number of hydrogen-bond acceptors (Lipinski definition) is 1. The average molecular weight is 241 g/mol. The lowest BCUT2D eigenvalue weighted by Gasteiger charge is -1.97. The summed E-state index contributed by atoms with van der Waals surface area (Å²) in [6.07, 6.45) is 1.52. The van der Waals surface area contributed by atoms with Gasteiger partial charge < -0.3 is 0 Å². The molecule has 0 saturated carbocycles. The molecule has 1 nitrogen and oxygen atoms in total. The highest BCUT2D eigenvalue weighted by Crippen LogP contribution is 2.19. The first-order chi connectivity index (χ1) is 4.74. The third-order valence-electron chi connectivity index (χ3n) is 1.02. The summed E-state index contributed by atoms with van der Waals surface area (Å²) in [6.45, 7) is 0. The lowest BCUT2D eigenvalue weighted by Crippen LogP contribution is -1.82. The van der Waals surface area contributed by atoms with Crippen LogP contribution in [0.1, 0.15) is 5.56 Å². The molecule has 1 rings (SSSR count). The van der Waals surface area contributed by atoms with Gasteiger partial charge in [-0.05, 0) is 6.07 Å². The zero-order valence-electron chi connectivity index (χ0n) is 4.94. The molecule has 0 saturated heterocycles. The fraction of sp³-hybridized carbons (Fsp3) is 0.167. The molecule has 1 heterocycles. The largest absolute Gasteiger partial charge is 0.243 e. The Hall–Kier alpha value is 0.210. The predicted molar refractivity (Wildman–Crippen MR) is 46.9 cm³/mol. The van der Waals surface area contributed by atoms with E-state index in [2.05, 4.69) is 20.9 Å². The topological polar surface area (TPSA) is 12.9 Å². The van der Waals surface area contributed by atoms with Gasteiger partial charge in [-0.25, -0.2) is 4.98 Å². The van der Waals surface area contributed by atoms with Crippen LogP contribution in [0.15, 0.2) is 12.3 Å². The summed E-state index contributed by atoms with van der Waals surface area (Å²) in [4.78, 5) is 3.85. The lowest BCUT2D eigenvalue weighted by atomic mass is 10.3. The summed E-state index contributed by atoms with van der Waals surface area (Å²) in [5.74, 6) is 0. The average Bonchev–Trinajstić information content (AvgIpc) is 1.94. The van der Waals surface area contributed by atoms with Crippen LogP contribution in [0.3, 0.4) is 0 Å². The monoisotopic (exact) mass is 239 g/mol. The number of nitrogens with zero attached hydrogens (tertiary/aromatic N) is 1. The van der Waals surface area contributed by atoms with Crippen molar-refractivity contribution in [1.29, 1.82) is 0 Å². The van der Waals surface area contributed by atoms with Gasteiger partial charge in [0.1, 0.15) is 5.15 Å². The summed E-state index contributed by atoms with van der Waals surface area (Å²) < 4.78 is 0. The van der Waals surface area contributed by atoms with Crippen molar-refractivity contribution in [2.45, 2.75) is 5.33 Å². The van der Waals surface area contributed by atoms with E-state index >= 15 is 0 Å². The Kier molecular flexibility index (Phi) is 2.96. The fourth-order valence-electron chi connectivity index (χ4n) is 0.558. The van der Waals surface area contributed by atoms with Gasteiger partial charge in [0.2, 0.25) is 0 Å². The second kappa shape index (κ2) is 3.56. The standard InChI is InChI=1S/C6H4BrCl2N/c7-2-4-1-5(8)3-10-6(4)9/h1,3H,2H2. The van der Waals surface area contributed by atoms with Crippen LogP contribution >= 0.6 is 39.1 Å². The van der Waals surface area contributed by atoms with E-state index in [0.29, 0.717) is 15.5 Å². The van der Waals surface area contributed by atoms with Gasteiger partial charge in [-0.1, -0.05) is 39.1 Å². The number of halogens is 3. The molecule has 0 N–H and O–H groups in total. The molecule has 4 heteroatoms. The maximum absolute atomic E-state index is 5.70. The Morgan fingerprint density at radius 2 is 2.20 bits per heavy atom. The Bertz CT molecular complexity index is 239. The van der Waals surface area contributed by atoms with E-state index in [1.807, 2.05) is 0 Å². The molecule has 1 aromatic rings. The number of hydrogen-bond donors (Lipinski definition) is 0. The van der Waals surface area contributed by atoms with Crippen molar-refractivity contribution in [1.82, 2.24) is 4.98 Å². The molecule has 0 aliphatic heterocycles. The molecule has 0 atom stereocenters. The zero-order valence-corrected chi connectivity index (χ0v) is 8.04. The van der Waals surface area contributed by atoms with Crippen molar-refractivity contribution >= 4 is 39.1 Å². The molecule has 0 fully saturated rings. The fourth-order valence-corrected chi connectivity index (χ4v) is 1.50. The van der Waals surface area contributed by atoms with Crippen molar-refractivity contribution in [3.63, 3.8) is 0 Å². The van der Waals surface area contributed by atoms with Gasteiger partial charge in [-0.2, -0.15) is 0 Å². The molecule has 0 radical (unpaired) electrons. The van der Waals surface area contributed by atoms with Crippen molar-refractivity contribution in [2.75, 3.05) is 0 Å². The summed E-state index contributed by atoms with van der Waals surface area (Å²) in [7, 11) is 0. The molecule has 0 amide bonds. The molecule has 0 spiro atoms. The minimum Gasteiger partial charge on any atom is -0.243 e. The van der Waals surface area contributed by atoms with Crippen LogP contribution < -0.4 is 0 Å². The molecular formula is C6H4BrCl2N. The van der Waals surface area contributed by atoms with E-state index in [-0.39, 0.29) is 0 Å². The highest BCUT2D eigenvalue weighted by Gasteiger charge is 1.99. The van der Waals surface area contributed by atoms with E-state index in [1.54, 1.807) is 6.07 Å². The third-order valence-corrected chi connectivity index (χ3v) is 2.17. The van der Waals surface area contributed by atoms with Crippen molar-refractivity contribution in [3.8, 4) is 0 Å². The van der Waals surface area contributed by atoms with Crippen molar-refractivity contribution in [2.24, 2.45) is 0 Å². The van der Waals surface area contributed by atoms with Gasteiger partial charge in [0.05, 0.1) is 5.02 Å². The van der Waals surface area contributed by atoms with Gasteiger partial charge in [-0.3, -0.25) is 0 Å². The first-order valence-electron chi connectivity index (χ1n) is 2.60. The Morgan fingerprint density at radius 3 is 2.70 bits per heavy atom.